The quantitative estimate of drug-likeness (QED) is 0.572. The lowest BCUT2D eigenvalue weighted by atomic mass is 9.44. The fraction of sp³-hybridized carbons (Fsp3) is 0.824. The van der Waals surface area contributed by atoms with Crippen LogP contribution in [-0.2, 0) is 9.53 Å². The summed E-state index contributed by atoms with van der Waals surface area (Å²) < 4.78 is 34.3. The number of carbonyl (C=O) groups excluding carboxylic acids is 1. The van der Waals surface area contributed by atoms with Crippen molar-refractivity contribution >= 4 is 5.97 Å². The summed E-state index contributed by atoms with van der Waals surface area (Å²) in [5.41, 5.74) is -0.649. The first-order chi connectivity index (χ1) is 9.57. The fourth-order valence-corrected chi connectivity index (χ4v) is 5.06. The molecule has 0 radical (unpaired) electrons. The molecule has 0 spiro atoms. The summed E-state index contributed by atoms with van der Waals surface area (Å²) in [4.78, 5) is 11.9. The van der Waals surface area contributed by atoms with Crippen LogP contribution in [0.15, 0.2) is 12.2 Å². The van der Waals surface area contributed by atoms with Crippen molar-refractivity contribution < 1.29 is 18.3 Å². The Kier molecular flexibility index (Phi) is 3.07. The van der Waals surface area contributed by atoms with Gasteiger partial charge in [0.2, 0.25) is 0 Å². The van der Waals surface area contributed by atoms with Gasteiger partial charge in [0, 0.05) is 22.8 Å². The van der Waals surface area contributed by atoms with E-state index in [1.54, 1.807) is 6.92 Å². The standard InChI is InChI=1S/C17H24F2O2/c1-10(2)14(20)21-15(3,4)16-7-11-5-12(8-16)17(18,19)13(6-11)9-16/h11-13H,1,5-9H2,2-4H3. The average Bonchev–Trinajstić information content (AvgIpc) is 2.34. The van der Waals surface area contributed by atoms with Crippen molar-refractivity contribution in [2.45, 2.75) is 64.4 Å². The SMILES string of the molecule is C=C(C)C(=O)OC(C)(C)C12CC3CC(C1)C(F)(F)C(C3)C2. The van der Waals surface area contributed by atoms with Gasteiger partial charge >= 0.3 is 5.97 Å². The van der Waals surface area contributed by atoms with Crippen molar-refractivity contribution in [3.63, 3.8) is 0 Å². The van der Waals surface area contributed by atoms with Gasteiger partial charge in [-0.3, -0.25) is 0 Å². The summed E-state index contributed by atoms with van der Waals surface area (Å²) in [6.45, 7) is 9.01. The van der Waals surface area contributed by atoms with Crippen LogP contribution >= 0.6 is 0 Å². The van der Waals surface area contributed by atoms with Crippen LogP contribution < -0.4 is 0 Å². The van der Waals surface area contributed by atoms with Gasteiger partial charge < -0.3 is 4.74 Å². The van der Waals surface area contributed by atoms with Crippen molar-refractivity contribution in [3.05, 3.63) is 12.2 Å². The highest BCUT2D eigenvalue weighted by atomic mass is 19.3. The van der Waals surface area contributed by atoms with E-state index in [-0.39, 0.29) is 5.41 Å². The predicted octanol–water partition coefficient (Wildman–Crippen LogP) is 4.35. The highest BCUT2D eigenvalue weighted by Crippen LogP contribution is 2.68. The maximum absolute atomic E-state index is 14.3. The molecule has 4 fully saturated rings. The maximum atomic E-state index is 14.3. The Bertz CT molecular complexity index is 477. The first-order valence-electron chi connectivity index (χ1n) is 7.84. The summed E-state index contributed by atoms with van der Waals surface area (Å²) in [6.07, 6.45) is 3.13. The Morgan fingerprint density at radius 1 is 1.19 bits per heavy atom. The van der Waals surface area contributed by atoms with Gasteiger partial charge in [0.1, 0.15) is 5.60 Å². The summed E-state index contributed by atoms with van der Waals surface area (Å²) >= 11 is 0. The molecular formula is C17H24F2O2. The van der Waals surface area contributed by atoms with E-state index in [0.29, 0.717) is 37.2 Å². The third kappa shape index (κ3) is 2.05. The van der Waals surface area contributed by atoms with Gasteiger partial charge in [0.05, 0.1) is 0 Å². The second-order valence-corrected chi connectivity index (χ2v) is 7.98. The predicted molar refractivity (Wildman–Crippen MR) is 75.9 cm³/mol. The van der Waals surface area contributed by atoms with Gasteiger partial charge in [-0.2, -0.15) is 0 Å². The molecule has 4 aliphatic rings. The number of alkyl halides is 2. The molecule has 4 bridgehead atoms. The molecule has 0 amide bonds. The Balaban J connectivity index is 1.88. The number of carbonyl (C=O) groups is 1. The molecule has 0 saturated heterocycles. The first kappa shape index (κ1) is 15.0. The Hall–Kier alpha value is -0.930. The van der Waals surface area contributed by atoms with Crippen molar-refractivity contribution in [2.24, 2.45) is 23.2 Å². The zero-order chi connectivity index (χ0) is 15.6. The smallest absolute Gasteiger partial charge is 0.333 e. The minimum atomic E-state index is -2.53. The molecule has 4 heteroatoms. The molecule has 21 heavy (non-hydrogen) atoms. The molecular weight excluding hydrogens is 274 g/mol. The van der Waals surface area contributed by atoms with Crippen LogP contribution in [0.25, 0.3) is 0 Å². The molecule has 0 N–H and O–H groups in total. The van der Waals surface area contributed by atoms with Crippen LogP contribution in [-0.4, -0.2) is 17.5 Å². The van der Waals surface area contributed by atoms with Gasteiger partial charge in [-0.1, -0.05) is 6.58 Å². The lowest BCUT2D eigenvalue weighted by molar-refractivity contribution is -0.263. The minimum absolute atomic E-state index is 0.295. The summed E-state index contributed by atoms with van der Waals surface area (Å²) in [5.74, 6) is -3.65. The second kappa shape index (κ2) is 4.30. The number of ether oxygens (including phenoxy) is 1. The lowest BCUT2D eigenvalue weighted by Gasteiger charge is -2.63. The van der Waals surface area contributed by atoms with E-state index in [2.05, 4.69) is 6.58 Å². The largest absolute Gasteiger partial charge is 0.456 e. The van der Waals surface area contributed by atoms with Crippen molar-refractivity contribution in [1.82, 2.24) is 0 Å². The highest BCUT2D eigenvalue weighted by molar-refractivity contribution is 5.87. The lowest BCUT2D eigenvalue weighted by Crippen LogP contribution is -2.63. The number of halogens is 2. The number of esters is 1. The first-order valence-corrected chi connectivity index (χ1v) is 7.84. The normalized spacial score (nSPS) is 40.1. The molecule has 0 aromatic heterocycles. The van der Waals surface area contributed by atoms with Crippen molar-refractivity contribution in [3.8, 4) is 0 Å². The van der Waals surface area contributed by atoms with Gasteiger partial charge in [-0.05, 0) is 58.8 Å². The van der Waals surface area contributed by atoms with E-state index in [9.17, 15) is 13.6 Å². The third-order valence-electron chi connectivity index (χ3n) is 6.25. The summed E-state index contributed by atoms with van der Waals surface area (Å²) in [6, 6.07) is 0. The zero-order valence-corrected chi connectivity index (χ0v) is 13.0. The molecule has 0 aromatic rings. The molecule has 0 heterocycles. The van der Waals surface area contributed by atoms with Gasteiger partial charge in [-0.25, -0.2) is 13.6 Å². The van der Waals surface area contributed by atoms with E-state index in [1.165, 1.54) is 0 Å². The molecule has 118 valence electrons. The molecule has 2 unspecified atom stereocenters. The van der Waals surface area contributed by atoms with Crippen LogP contribution in [0, 0.1) is 23.2 Å². The molecule has 0 aromatic carbocycles. The second-order valence-electron chi connectivity index (χ2n) is 7.98. The molecule has 0 aliphatic heterocycles. The van der Waals surface area contributed by atoms with Crippen molar-refractivity contribution in [2.75, 3.05) is 0 Å². The maximum Gasteiger partial charge on any atom is 0.333 e. The van der Waals surface area contributed by atoms with Crippen LogP contribution in [0.4, 0.5) is 8.78 Å². The average molecular weight is 298 g/mol. The topological polar surface area (TPSA) is 26.3 Å². The van der Waals surface area contributed by atoms with E-state index in [1.807, 2.05) is 13.8 Å². The van der Waals surface area contributed by atoms with Gasteiger partial charge in [0.25, 0.3) is 5.92 Å². The highest BCUT2D eigenvalue weighted by Gasteiger charge is 2.67. The monoisotopic (exact) mass is 298 g/mol. The van der Waals surface area contributed by atoms with Crippen LogP contribution in [0.1, 0.15) is 52.9 Å². The molecule has 2 nitrogen and oxygen atoms in total. The van der Waals surface area contributed by atoms with Crippen LogP contribution in [0.2, 0.25) is 0 Å². The molecule has 2 atom stereocenters. The minimum Gasteiger partial charge on any atom is -0.456 e. The summed E-state index contributed by atoms with van der Waals surface area (Å²) in [7, 11) is 0. The van der Waals surface area contributed by atoms with E-state index < -0.39 is 29.3 Å². The Labute approximate surface area is 124 Å². The van der Waals surface area contributed by atoms with Crippen LogP contribution in [0.5, 0.6) is 0 Å². The van der Waals surface area contributed by atoms with E-state index >= 15 is 0 Å². The summed E-state index contributed by atoms with van der Waals surface area (Å²) in [5, 5.41) is 0. The van der Waals surface area contributed by atoms with Crippen molar-refractivity contribution in [1.29, 1.82) is 0 Å². The number of hydrogen-bond donors (Lipinski definition) is 0. The number of hydrogen-bond acceptors (Lipinski definition) is 2. The van der Waals surface area contributed by atoms with E-state index in [0.717, 1.165) is 6.42 Å². The van der Waals surface area contributed by atoms with Gasteiger partial charge in [0.15, 0.2) is 0 Å². The molecule has 4 rings (SSSR count). The zero-order valence-electron chi connectivity index (χ0n) is 13.0. The third-order valence-corrected chi connectivity index (χ3v) is 6.25. The van der Waals surface area contributed by atoms with E-state index in [4.69, 9.17) is 4.74 Å². The fourth-order valence-electron chi connectivity index (χ4n) is 5.06. The number of rotatable bonds is 3. The van der Waals surface area contributed by atoms with Gasteiger partial charge in [-0.15, -0.1) is 0 Å². The molecule has 4 aliphatic carbocycles. The Morgan fingerprint density at radius 3 is 2.19 bits per heavy atom. The molecule has 4 saturated carbocycles. The Morgan fingerprint density at radius 2 is 1.71 bits per heavy atom. The van der Waals surface area contributed by atoms with Crippen LogP contribution in [0.3, 0.4) is 0 Å².